The van der Waals surface area contributed by atoms with Gasteiger partial charge < -0.3 is 10.4 Å². The third-order valence-electron chi connectivity index (χ3n) is 2.54. The van der Waals surface area contributed by atoms with Crippen LogP contribution in [0, 0.1) is 10.5 Å². The third-order valence-corrected chi connectivity index (χ3v) is 3.71. The minimum Gasteiger partial charge on any atom is -0.478 e. The molecule has 2 N–H and O–H groups in total. The molecule has 1 heterocycles. The summed E-state index contributed by atoms with van der Waals surface area (Å²) in [5.74, 6) is -0.431. The molecule has 0 spiro atoms. The lowest BCUT2D eigenvalue weighted by Gasteiger charge is -2.10. The molecule has 4 nitrogen and oxygen atoms in total. The van der Waals surface area contributed by atoms with Gasteiger partial charge in [0, 0.05) is 15.5 Å². The molecular formula is C13H11IN2O2. The van der Waals surface area contributed by atoms with E-state index in [1.807, 2.05) is 25.1 Å². The number of aromatic nitrogens is 1. The van der Waals surface area contributed by atoms with Crippen molar-refractivity contribution in [2.45, 2.75) is 6.92 Å². The number of hydrogen-bond acceptors (Lipinski definition) is 3. The molecule has 0 bridgehead atoms. The maximum absolute atomic E-state index is 10.9. The van der Waals surface area contributed by atoms with Gasteiger partial charge in [0.1, 0.15) is 5.82 Å². The SMILES string of the molecule is Cc1c(I)cccc1Nc1cc(C(=O)O)ccn1. The van der Waals surface area contributed by atoms with Crippen molar-refractivity contribution >= 4 is 40.1 Å². The highest BCUT2D eigenvalue weighted by molar-refractivity contribution is 14.1. The van der Waals surface area contributed by atoms with Crippen molar-refractivity contribution in [3.63, 3.8) is 0 Å². The summed E-state index contributed by atoms with van der Waals surface area (Å²) in [7, 11) is 0. The minimum atomic E-state index is -0.959. The Morgan fingerprint density at radius 2 is 2.17 bits per heavy atom. The summed E-state index contributed by atoms with van der Waals surface area (Å²) in [5.41, 5.74) is 2.26. The fourth-order valence-electron chi connectivity index (χ4n) is 1.51. The Morgan fingerprint density at radius 1 is 1.39 bits per heavy atom. The molecule has 0 unspecified atom stereocenters. The molecule has 2 aromatic rings. The van der Waals surface area contributed by atoms with Gasteiger partial charge in [-0.1, -0.05) is 6.07 Å². The predicted molar refractivity (Wildman–Crippen MR) is 78.4 cm³/mol. The van der Waals surface area contributed by atoms with Crippen LogP contribution in [0.3, 0.4) is 0 Å². The molecule has 0 radical (unpaired) electrons. The topological polar surface area (TPSA) is 62.2 Å². The first-order valence-corrected chi connectivity index (χ1v) is 6.37. The first-order valence-electron chi connectivity index (χ1n) is 5.29. The van der Waals surface area contributed by atoms with E-state index in [4.69, 9.17) is 5.11 Å². The van der Waals surface area contributed by atoms with E-state index < -0.39 is 5.97 Å². The van der Waals surface area contributed by atoms with Gasteiger partial charge in [-0.15, -0.1) is 0 Å². The summed E-state index contributed by atoms with van der Waals surface area (Å²) in [5, 5.41) is 12.0. The lowest BCUT2D eigenvalue weighted by atomic mass is 10.2. The van der Waals surface area contributed by atoms with Crippen LogP contribution in [-0.2, 0) is 0 Å². The molecule has 5 heteroatoms. The van der Waals surface area contributed by atoms with Crippen molar-refractivity contribution in [3.8, 4) is 0 Å². The zero-order valence-electron chi connectivity index (χ0n) is 9.64. The summed E-state index contributed by atoms with van der Waals surface area (Å²) in [6.07, 6.45) is 1.48. The Kier molecular flexibility index (Phi) is 3.81. The van der Waals surface area contributed by atoms with E-state index in [-0.39, 0.29) is 5.56 Å². The standard InChI is InChI=1S/C13H11IN2O2/c1-8-10(14)3-2-4-11(8)16-12-7-9(13(17)18)5-6-15-12/h2-7H,1H3,(H,15,16)(H,17,18). The largest absolute Gasteiger partial charge is 0.478 e. The number of aromatic carboxylic acids is 1. The quantitative estimate of drug-likeness (QED) is 0.829. The average Bonchev–Trinajstić information content (AvgIpc) is 2.35. The maximum atomic E-state index is 10.9. The number of carboxylic acid groups (broad SMARTS) is 1. The van der Waals surface area contributed by atoms with Crippen molar-refractivity contribution in [1.82, 2.24) is 4.98 Å². The van der Waals surface area contributed by atoms with Gasteiger partial charge in [-0.05, 0) is 59.3 Å². The number of nitrogens with one attached hydrogen (secondary N) is 1. The van der Waals surface area contributed by atoms with Gasteiger partial charge in [0.2, 0.25) is 0 Å². The molecule has 92 valence electrons. The number of benzene rings is 1. The fourth-order valence-corrected chi connectivity index (χ4v) is 2.01. The van der Waals surface area contributed by atoms with Crippen LogP contribution < -0.4 is 5.32 Å². The zero-order valence-corrected chi connectivity index (χ0v) is 11.8. The van der Waals surface area contributed by atoms with Crippen molar-refractivity contribution in [2.24, 2.45) is 0 Å². The number of anilines is 2. The normalized spacial score (nSPS) is 10.1. The molecule has 0 fully saturated rings. The first kappa shape index (κ1) is 12.8. The van der Waals surface area contributed by atoms with E-state index in [1.165, 1.54) is 18.3 Å². The Hall–Kier alpha value is -1.63. The van der Waals surface area contributed by atoms with E-state index in [9.17, 15) is 4.79 Å². The molecule has 0 saturated carbocycles. The van der Waals surface area contributed by atoms with E-state index >= 15 is 0 Å². The van der Waals surface area contributed by atoms with Crippen molar-refractivity contribution < 1.29 is 9.90 Å². The Morgan fingerprint density at radius 3 is 2.89 bits per heavy atom. The number of carbonyl (C=O) groups is 1. The smallest absolute Gasteiger partial charge is 0.335 e. The highest BCUT2D eigenvalue weighted by Crippen LogP contribution is 2.23. The second-order valence-electron chi connectivity index (χ2n) is 3.77. The van der Waals surface area contributed by atoms with Gasteiger partial charge in [0.25, 0.3) is 0 Å². The molecule has 1 aromatic carbocycles. The van der Waals surface area contributed by atoms with E-state index in [0.717, 1.165) is 14.8 Å². The van der Waals surface area contributed by atoms with Crippen molar-refractivity contribution in [3.05, 3.63) is 51.2 Å². The molecule has 1 aromatic heterocycles. The van der Waals surface area contributed by atoms with Crippen molar-refractivity contribution in [2.75, 3.05) is 5.32 Å². The monoisotopic (exact) mass is 354 g/mol. The van der Waals surface area contributed by atoms with Crippen LogP contribution >= 0.6 is 22.6 Å². The number of nitrogens with zero attached hydrogens (tertiary/aromatic N) is 1. The minimum absolute atomic E-state index is 0.218. The van der Waals surface area contributed by atoms with Crippen LogP contribution in [-0.4, -0.2) is 16.1 Å². The summed E-state index contributed by atoms with van der Waals surface area (Å²) in [6, 6.07) is 8.88. The van der Waals surface area contributed by atoms with Gasteiger partial charge >= 0.3 is 5.97 Å². The summed E-state index contributed by atoms with van der Waals surface area (Å²) < 4.78 is 1.15. The highest BCUT2D eigenvalue weighted by Gasteiger charge is 2.06. The van der Waals surface area contributed by atoms with Gasteiger partial charge in [-0.3, -0.25) is 0 Å². The third kappa shape index (κ3) is 2.79. The number of rotatable bonds is 3. The van der Waals surface area contributed by atoms with Gasteiger partial charge in [-0.2, -0.15) is 0 Å². The summed E-state index contributed by atoms with van der Waals surface area (Å²) >= 11 is 2.26. The predicted octanol–water partition coefficient (Wildman–Crippen LogP) is 3.44. The van der Waals surface area contributed by atoms with Gasteiger partial charge in [0.05, 0.1) is 5.56 Å². The molecule has 2 rings (SSSR count). The number of halogens is 1. The van der Waals surface area contributed by atoms with Crippen LogP contribution in [0.4, 0.5) is 11.5 Å². The molecule has 0 atom stereocenters. The molecule has 18 heavy (non-hydrogen) atoms. The zero-order chi connectivity index (χ0) is 13.1. The Balaban J connectivity index is 2.31. The maximum Gasteiger partial charge on any atom is 0.335 e. The molecule has 0 aliphatic carbocycles. The second kappa shape index (κ2) is 5.34. The van der Waals surface area contributed by atoms with Gasteiger partial charge in [0.15, 0.2) is 0 Å². The summed E-state index contributed by atoms with van der Waals surface area (Å²) in [4.78, 5) is 15.0. The lowest BCUT2D eigenvalue weighted by Crippen LogP contribution is -2.01. The number of hydrogen-bond donors (Lipinski definition) is 2. The number of pyridine rings is 1. The van der Waals surface area contributed by atoms with Crippen LogP contribution in [0.5, 0.6) is 0 Å². The lowest BCUT2D eigenvalue weighted by molar-refractivity contribution is 0.0697. The Bertz CT molecular complexity index is 599. The van der Waals surface area contributed by atoms with Gasteiger partial charge in [-0.25, -0.2) is 9.78 Å². The van der Waals surface area contributed by atoms with E-state index in [1.54, 1.807) is 0 Å². The molecular weight excluding hydrogens is 343 g/mol. The highest BCUT2D eigenvalue weighted by atomic mass is 127. The van der Waals surface area contributed by atoms with Crippen LogP contribution in [0.2, 0.25) is 0 Å². The van der Waals surface area contributed by atoms with Crippen LogP contribution in [0.25, 0.3) is 0 Å². The molecule has 0 aliphatic rings. The molecule has 0 amide bonds. The summed E-state index contributed by atoms with van der Waals surface area (Å²) in [6.45, 7) is 2.01. The second-order valence-corrected chi connectivity index (χ2v) is 4.93. The molecule has 0 saturated heterocycles. The number of carboxylic acids is 1. The van der Waals surface area contributed by atoms with E-state index in [2.05, 4.69) is 32.9 Å². The first-order chi connectivity index (χ1) is 8.58. The van der Waals surface area contributed by atoms with Crippen molar-refractivity contribution in [1.29, 1.82) is 0 Å². The van der Waals surface area contributed by atoms with Crippen LogP contribution in [0.15, 0.2) is 36.5 Å². The molecule has 0 aliphatic heterocycles. The Labute approximate surface area is 118 Å². The average molecular weight is 354 g/mol. The fraction of sp³-hybridized carbons (Fsp3) is 0.0769. The van der Waals surface area contributed by atoms with Crippen LogP contribution in [0.1, 0.15) is 15.9 Å². The van der Waals surface area contributed by atoms with E-state index in [0.29, 0.717) is 5.82 Å².